The Morgan fingerprint density at radius 2 is 2.06 bits per heavy atom. The highest BCUT2D eigenvalue weighted by Gasteiger charge is 2.22. The number of carbonyl (C=O) groups is 1. The van der Waals surface area contributed by atoms with Crippen LogP contribution >= 0.6 is 0 Å². The van der Waals surface area contributed by atoms with E-state index in [2.05, 4.69) is 5.32 Å². The van der Waals surface area contributed by atoms with Crippen LogP contribution in [0.15, 0.2) is 24.3 Å². The molecule has 1 saturated carbocycles. The smallest absolute Gasteiger partial charge is 0.321 e. The molecule has 0 aliphatic heterocycles. The quantitative estimate of drug-likeness (QED) is 0.804. The molecule has 4 nitrogen and oxygen atoms in total. The molecule has 1 fully saturated rings. The van der Waals surface area contributed by atoms with Crippen LogP contribution < -0.4 is 11.1 Å². The molecule has 2 amide bonds. The topological polar surface area (TPSA) is 58.4 Å². The van der Waals surface area contributed by atoms with Gasteiger partial charge in [-0.2, -0.15) is 0 Å². The van der Waals surface area contributed by atoms with E-state index in [1.807, 2.05) is 24.0 Å². The zero-order valence-corrected chi connectivity index (χ0v) is 10.9. The number of nitrogens with one attached hydrogen (secondary N) is 1. The average molecular weight is 247 g/mol. The molecule has 1 aromatic carbocycles. The van der Waals surface area contributed by atoms with Crippen LogP contribution in [0.2, 0.25) is 0 Å². The number of nitrogens with two attached hydrogens (primary N) is 1. The van der Waals surface area contributed by atoms with E-state index in [1.165, 1.54) is 19.3 Å². The molecule has 0 heterocycles. The lowest BCUT2D eigenvalue weighted by Gasteiger charge is -2.31. The van der Waals surface area contributed by atoms with Crippen molar-refractivity contribution in [2.45, 2.75) is 26.2 Å². The normalized spacial score (nSPS) is 14.9. The van der Waals surface area contributed by atoms with Crippen molar-refractivity contribution in [3.8, 4) is 0 Å². The number of nitrogens with zero attached hydrogens (tertiary/aromatic N) is 1. The van der Waals surface area contributed by atoms with Crippen molar-refractivity contribution in [2.24, 2.45) is 5.92 Å². The first kappa shape index (κ1) is 12.7. The third-order valence-electron chi connectivity index (χ3n) is 3.53. The van der Waals surface area contributed by atoms with Gasteiger partial charge in [0.1, 0.15) is 0 Å². The summed E-state index contributed by atoms with van der Waals surface area (Å²) in [4.78, 5) is 14.0. The lowest BCUT2D eigenvalue weighted by atomic mass is 9.85. The monoisotopic (exact) mass is 247 g/mol. The molecule has 98 valence electrons. The van der Waals surface area contributed by atoms with Gasteiger partial charge in [0, 0.05) is 24.5 Å². The first-order valence-electron chi connectivity index (χ1n) is 6.60. The highest BCUT2D eigenvalue weighted by atomic mass is 16.2. The Hall–Kier alpha value is -1.71. The van der Waals surface area contributed by atoms with Crippen LogP contribution in [-0.2, 0) is 0 Å². The van der Waals surface area contributed by atoms with Gasteiger partial charge >= 0.3 is 6.03 Å². The Morgan fingerprint density at radius 3 is 2.56 bits per heavy atom. The van der Waals surface area contributed by atoms with Gasteiger partial charge in [-0.3, -0.25) is 0 Å². The van der Waals surface area contributed by atoms with Gasteiger partial charge in [-0.15, -0.1) is 0 Å². The highest BCUT2D eigenvalue weighted by molar-refractivity contribution is 5.89. The van der Waals surface area contributed by atoms with Crippen LogP contribution in [-0.4, -0.2) is 24.0 Å². The van der Waals surface area contributed by atoms with E-state index in [4.69, 9.17) is 5.73 Å². The summed E-state index contributed by atoms with van der Waals surface area (Å²) in [5, 5.41) is 2.91. The van der Waals surface area contributed by atoms with Gasteiger partial charge in [-0.1, -0.05) is 6.42 Å². The van der Waals surface area contributed by atoms with Crippen molar-refractivity contribution in [1.29, 1.82) is 0 Å². The lowest BCUT2D eigenvalue weighted by molar-refractivity contribution is 0.182. The van der Waals surface area contributed by atoms with Crippen molar-refractivity contribution in [1.82, 2.24) is 4.90 Å². The van der Waals surface area contributed by atoms with E-state index >= 15 is 0 Å². The lowest BCUT2D eigenvalue weighted by Crippen LogP contribution is -2.39. The fourth-order valence-electron chi connectivity index (χ4n) is 2.11. The zero-order chi connectivity index (χ0) is 13.0. The van der Waals surface area contributed by atoms with Gasteiger partial charge in [0.15, 0.2) is 0 Å². The fraction of sp³-hybridized carbons (Fsp3) is 0.500. The maximum Gasteiger partial charge on any atom is 0.321 e. The fourth-order valence-corrected chi connectivity index (χ4v) is 2.11. The molecule has 1 aliphatic rings. The molecule has 0 radical (unpaired) electrons. The summed E-state index contributed by atoms with van der Waals surface area (Å²) in [6, 6.07) is 7.21. The van der Waals surface area contributed by atoms with Gasteiger partial charge in [-0.25, -0.2) is 4.79 Å². The number of nitrogen functional groups attached to an aromatic ring is 1. The van der Waals surface area contributed by atoms with Crippen LogP contribution in [0, 0.1) is 5.92 Å². The molecule has 3 N–H and O–H groups in total. The zero-order valence-electron chi connectivity index (χ0n) is 10.9. The van der Waals surface area contributed by atoms with E-state index in [0.29, 0.717) is 11.6 Å². The molecule has 0 saturated heterocycles. The molecular weight excluding hydrogens is 226 g/mol. The first-order valence-corrected chi connectivity index (χ1v) is 6.60. The number of anilines is 2. The minimum atomic E-state index is -0.0193. The van der Waals surface area contributed by atoms with E-state index < -0.39 is 0 Å². The molecule has 0 spiro atoms. The van der Waals surface area contributed by atoms with E-state index in [9.17, 15) is 4.79 Å². The maximum atomic E-state index is 12.1. The summed E-state index contributed by atoms with van der Waals surface area (Å²) < 4.78 is 0. The number of benzene rings is 1. The third-order valence-corrected chi connectivity index (χ3v) is 3.53. The standard InChI is InChI=1S/C14H21N3O/c1-2-17(10-11-4-3-5-11)14(18)16-13-8-6-12(15)7-9-13/h6-9,11H,2-5,10,15H2,1H3,(H,16,18). The van der Waals surface area contributed by atoms with Crippen molar-refractivity contribution < 1.29 is 4.79 Å². The molecule has 0 unspecified atom stereocenters. The van der Waals surface area contributed by atoms with Crippen LogP contribution in [0.4, 0.5) is 16.2 Å². The van der Waals surface area contributed by atoms with Gasteiger partial charge in [0.05, 0.1) is 0 Å². The Kier molecular flexibility index (Phi) is 4.07. The summed E-state index contributed by atoms with van der Waals surface area (Å²) in [7, 11) is 0. The predicted octanol–water partition coefficient (Wildman–Crippen LogP) is 2.92. The van der Waals surface area contributed by atoms with Crippen molar-refractivity contribution >= 4 is 17.4 Å². The number of carbonyl (C=O) groups excluding carboxylic acids is 1. The van der Waals surface area contributed by atoms with Gasteiger partial charge < -0.3 is 16.0 Å². The Morgan fingerprint density at radius 1 is 1.39 bits per heavy atom. The Balaban J connectivity index is 1.89. The van der Waals surface area contributed by atoms with Gasteiger partial charge in [0.2, 0.25) is 0 Å². The number of amides is 2. The summed E-state index contributed by atoms with van der Waals surface area (Å²) in [6.45, 7) is 3.63. The summed E-state index contributed by atoms with van der Waals surface area (Å²) >= 11 is 0. The van der Waals surface area contributed by atoms with Crippen molar-refractivity contribution in [2.75, 3.05) is 24.1 Å². The number of hydrogen-bond acceptors (Lipinski definition) is 2. The average Bonchev–Trinajstić information content (AvgIpc) is 2.31. The van der Waals surface area contributed by atoms with Gasteiger partial charge in [0.25, 0.3) is 0 Å². The molecule has 4 heteroatoms. The van der Waals surface area contributed by atoms with Crippen LogP contribution in [0.25, 0.3) is 0 Å². The minimum absolute atomic E-state index is 0.0193. The van der Waals surface area contributed by atoms with Crippen LogP contribution in [0.5, 0.6) is 0 Å². The Bertz CT molecular complexity index is 398. The Labute approximate surface area is 108 Å². The van der Waals surface area contributed by atoms with Crippen molar-refractivity contribution in [3.05, 3.63) is 24.3 Å². The van der Waals surface area contributed by atoms with Gasteiger partial charge in [-0.05, 0) is 49.9 Å². The summed E-state index contributed by atoms with van der Waals surface area (Å²) in [5.41, 5.74) is 7.11. The molecule has 18 heavy (non-hydrogen) atoms. The molecule has 0 bridgehead atoms. The second-order valence-corrected chi connectivity index (χ2v) is 4.89. The number of rotatable bonds is 4. The van der Waals surface area contributed by atoms with Crippen molar-refractivity contribution in [3.63, 3.8) is 0 Å². The van der Waals surface area contributed by atoms with E-state index in [0.717, 1.165) is 18.8 Å². The van der Waals surface area contributed by atoms with Crippen LogP contribution in [0.1, 0.15) is 26.2 Å². The summed E-state index contributed by atoms with van der Waals surface area (Å²) in [6.07, 6.45) is 3.82. The predicted molar refractivity (Wildman–Crippen MR) is 74.5 cm³/mol. The molecule has 0 aromatic heterocycles. The molecule has 1 aliphatic carbocycles. The first-order chi connectivity index (χ1) is 8.69. The van der Waals surface area contributed by atoms with E-state index in [-0.39, 0.29) is 6.03 Å². The second-order valence-electron chi connectivity index (χ2n) is 4.89. The molecule has 2 rings (SSSR count). The molecular formula is C14H21N3O. The largest absolute Gasteiger partial charge is 0.399 e. The molecule has 0 atom stereocenters. The molecule has 1 aromatic rings. The second kappa shape index (κ2) is 5.76. The van der Waals surface area contributed by atoms with Crippen LogP contribution in [0.3, 0.4) is 0 Å². The third kappa shape index (κ3) is 3.15. The minimum Gasteiger partial charge on any atom is -0.399 e. The summed E-state index contributed by atoms with van der Waals surface area (Å²) in [5.74, 6) is 0.696. The maximum absolute atomic E-state index is 12.1. The van der Waals surface area contributed by atoms with E-state index in [1.54, 1.807) is 12.1 Å². The number of urea groups is 1. The SMILES string of the molecule is CCN(CC1CCC1)C(=O)Nc1ccc(N)cc1. The highest BCUT2D eigenvalue weighted by Crippen LogP contribution is 2.27. The number of hydrogen-bond donors (Lipinski definition) is 2.